The van der Waals surface area contributed by atoms with Crippen LogP contribution in [0.4, 0.5) is 0 Å². The van der Waals surface area contributed by atoms with Crippen molar-refractivity contribution in [2.24, 2.45) is 0 Å². The normalized spacial score (nSPS) is 10.6. The molecule has 0 aliphatic rings. The van der Waals surface area contributed by atoms with Crippen LogP contribution in [0.3, 0.4) is 0 Å². The fourth-order valence-electron chi connectivity index (χ4n) is 1.62. The van der Waals surface area contributed by atoms with E-state index < -0.39 is 10.0 Å². The molecule has 0 N–H and O–H groups in total. The topological polar surface area (TPSA) is 37.4 Å². The maximum atomic E-state index is 12.8. The number of nitrogens with zero attached hydrogens (tertiary/aromatic N) is 1. The summed E-state index contributed by atoms with van der Waals surface area (Å²) < 4.78 is 26.9. The van der Waals surface area contributed by atoms with Crippen LogP contribution in [-0.2, 0) is 10.0 Å². The fourth-order valence-corrected chi connectivity index (χ4v) is 2.84. The van der Waals surface area contributed by atoms with Crippen molar-refractivity contribution in [2.45, 2.75) is 45.9 Å². The van der Waals surface area contributed by atoms with E-state index in [1.54, 1.807) is 12.1 Å². The van der Waals surface area contributed by atoms with E-state index >= 15 is 0 Å². The molecule has 4 heteroatoms. The van der Waals surface area contributed by atoms with Gasteiger partial charge in [-0.3, -0.25) is 4.31 Å². The summed E-state index contributed by atoms with van der Waals surface area (Å²) in [4.78, 5) is 0.299. The van der Waals surface area contributed by atoms with Gasteiger partial charge in [0.15, 0.2) is 0 Å². The molecule has 0 fully saturated rings. The molecule has 22 heavy (non-hydrogen) atoms. The van der Waals surface area contributed by atoms with Crippen molar-refractivity contribution < 1.29 is 8.42 Å². The van der Waals surface area contributed by atoms with Gasteiger partial charge in [0.1, 0.15) is 0 Å². The van der Waals surface area contributed by atoms with Crippen molar-refractivity contribution in [2.75, 3.05) is 6.54 Å². The first-order valence-corrected chi connectivity index (χ1v) is 8.85. The van der Waals surface area contributed by atoms with Crippen molar-refractivity contribution in [3.05, 3.63) is 59.0 Å². The molecule has 0 atom stereocenters. The van der Waals surface area contributed by atoms with Crippen molar-refractivity contribution in [1.29, 1.82) is 0 Å². The summed E-state index contributed by atoms with van der Waals surface area (Å²) in [6, 6.07) is 6.90. The lowest BCUT2D eigenvalue weighted by Gasteiger charge is -2.18. The zero-order valence-corrected chi connectivity index (χ0v) is 14.9. The highest BCUT2D eigenvalue weighted by atomic mass is 32.2. The molecule has 0 amide bonds. The first-order chi connectivity index (χ1) is 10.3. The van der Waals surface area contributed by atoms with Gasteiger partial charge in [-0.1, -0.05) is 36.3 Å². The third-order valence-corrected chi connectivity index (χ3v) is 5.03. The van der Waals surface area contributed by atoms with Crippen LogP contribution in [0.2, 0.25) is 0 Å². The highest BCUT2D eigenvalue weighted by Crippen LogP contribution is 2.17. The Balaban J connectivity index is 3.26. The maximum Gasteiger partial charge on any atom is 0.264 e. The number of hydrogen-bond donors (Lipinski definition) is 0. The number of sulfonamides is 1. The van der Waals surface area contributed by atoms with Crippen LogP contribution in [0.5, 0.6) is 0 Å². The Morgan fingerprint density at radius 3 is 2.27 bits per heavy atom. The van der Waals surface area contributed by atoms with E-state index in [-0.39, 0.29) is 0 Å². The zero-order chi connectivity index (χ0) is 16.8. The first-order valence-electron chi connectivity index (χ1n) is 7.41. The van der Waals surface area contributed by atoms with E-state index in [0.29, 0.717) is 11.4 Å². The quantitative estimate of drug-likeness (QED) is 0.575. The van der Waals surface area contributed by atoms with Gasteiger partial charge in [0.05, 0.1) is 17.6 Å². The second-order valence-corrected chi connectivity index (χ2v) is 7.47. The molecule has 0 radical (unpaired) electrons. The summed E-state index contributed by atoms with van der Waals surface area (Å²) >= 11 is 0. The molecule has 0 unspecified atom stereocenters. The minimum Gasteiger partial charge on any atom is -0.262 e. The number of benzene rings is 1. The molecule has 0 spiro atoms. The minimum atomic E-state index is -3.56. The molecule has 0 heterocycles. The molecule has 3 nitrogen and oxygen atoms in total. The third-order valence-electron chi connectivity index (χ3n) is 3.29. The smallest absolute Gasteiger partial charge is 0.262 e. The summed E-state index contributed by atoms with van der Waals surface area (Å²) in [5.74, 6) is 0. The van der Waals surface area contributed by atoms with Gasteiger partial charge in [-0.05, 0) is 51.8 Å². The highest BCUT2D eigenvalue weighted by Gasteiger charge is 2.20. The first kappa shape index (κ1) is 18.3. The predicted molar refractivity (Wildman–Crippen MR) is 92.1 cm³/mol. The van der Waals surface area contributed by atoms with Crippen molar-refractivity contribution in [3.8, 4) is 0 Å². The molecule has 1 aromatic rings. The number of aryl methyl sites for hydroxylation is 1. The number of allylic oxidation sites excluding steroid dienone is 2. The summed E-state index contributed by atoms with van der Waals surface area (Å²) in [5, 5.41) is 0. The van der Waals surface area contributed by atoms with E-state index in [2.05, 4.69) is 5.73 Å². The molecular formula is C18H25NO2S. The molecule has 0 aliphatic heterocycles. The monoisotopic (exact) mass is 319 g/mol. The van der Waals surface area contributed by atoms with E-state index in [1.807, 2.05) is 52.8 Å². The lowest BCUT2D eigenvalue weighted by Crippen LogP contribution is -2.26. The zero-order valence-electron chi connectivity index (χ0n) is 14.1. The van der Waals surface area contributed by atoms with E-state index in [1.165, 1.54) is 10.5 Å². The number of hydrogen-bond acceptors (Lipinski definition) is 2. The molecule has 0 bridgehead atoms. The van der Waals surface area contributed by atoms with Crippen LogP contribution in [-0.4, -0.2) is 19.3 Å². The standard InChI is InChI=1S/C18H25NO2S/c1-6-16(4)12-14-19(13-11-15(2)3)22(20,21)18-9-7-17(5)8-10-18/h7-11,14H,6,13H2,1-5H3. The molecule has 0 saturated carbocycles. The van der Waals surface area contributed by atoms with Crippen LogP contribution in [0, 0.1) is 6.92 Å². The Hall–Kier alpha value is -1.77. The Labute approximate surface area is 134 Å². The van der Waals surface area contributed by atoms with Gasteiger partial charge in [-0.2, -0.15) is 0 Å². The fraction of sp³-hybridized carbons (Fsp3) is 0.389. The van der Waals surface area contributed by atoms with Crippen LogP contribution in [0.15, 0.2) is 58.3 Å². The van der Waals surface area contributed by atoms with Crippen molar-refractivity contribution in [1.82, 2.24) is 4.31 Å². The molecule has 120 valence electrons. The van der Waals surface area contributed by atoms with Crippen LogP contribution in [0.1, 0.15) is 39.7 Å². The van der Waals surface area contributed by atoms with E-state index in [4.69, 9.17) is 0 Å². The van der Waals surface area contributed by atoms with Gasteiger partial charge in [0, 0.05) is 0 Å². The SMILES string of the molecule is CCC(C)=C=CN(CC=C(C)C)S(=O)(=O)c1ccc(C)cc1. The van der Waals surface area contributed by atoms with E-state index in [0.717, 1.165) is 23.1 Å². The van der Waals surface area contributed by atoms with Crippen molar-refractivity contribution >= 4 is 10.0 Å². The van der Waals surface area contributed by atoms with Gasteiger partial charge in [0.2, 0.25) is 0 Å². The molecule has 0 aromatic heterocycles. The second kappa shape index (κ2) is 8.02. The van der Waals surface area contributed by atoms with Gasteiger partial charge in [-0.25, -0.2) is 8.42 Å². The Morgan fingerprint density at radius 1 is 1.18 bits per heavy atom. The highest BCUT2D eigenvalue weighted by molar-refractivity contribution is 7.89. The molecule has 0 saturated heterocycles. The van der Waals surface area contributed by atoms with Crippen LogP contribution < -0.4 is 0 Å². The molecule has 1 rings (SSSR count). The Bertz CT molecular complexity index is 687. The minimum absolute atomic E-state index is 0.299. The summed E-state index contributed by atoms with van der Waals surface area (Å²) in [7, 11) is -3.56. The van der Waals surface area contributed by atoms with Crippen molar-refractivity contribution in [3.63, 3.8) is 0 Å². The summed E-state index contributed by atoms with van der Waals surface area (Å²) in [5.41, 5.74) is 6.18. The van der Waals surface area contributed by atoms with Gasteiger partial charge in [-0.15, -0.1) is 5.73 Å². The largest absolute Gasteiger partial charge is 0.264 e. The van der Waals surface area contributed by atoms with Gasteiger partial charge >= 0.3 is 0 Å². The Kier molecular flexibility index (Phi) is 6.66. The lowest BCUT2D eigenvalue weighted by atomic mass is 10.2. The predicted octanol–water partition coefficient (Wildman–Crippen LogP) is 4.42. The molecule has 1 aromatic carbocycles. The molecule has 0 aliphatic carbocycles. The molecular weight excluding hydrogens is 294 g/mol. The lowest BCUT2D eigenvalue weighted by molar-refractivity contribution is 0.522. The average Bonchev–Trinajstić information content (AvgIpc) is 2.46. The maximum absolute atomic E-state index is 12.8. The third kappa shape index (κ3) is 5.21. The number of rotatable bonds is 6. The van der Waals surface area contributed by atoms with E-state index in [9.17, 15) is 8.42 Å². The second-order valence-electron chi connectivity index (χ2n) is 5.58. The Morgan fingerprint density at radius 2 is 1.77 bits per heavy atom. The van der Waals surface area contributed by atoms with Gasteiger partial charge < -0.3 is 0 Å². The van der Waals surface area contributed by atoms with Gasteiger partial charge in [0.25, 0.3) is 10.0 Å². The average molecular weight is 319 g/mol. The summed E-state index contributed by atoms with van der Waals surface area (Å²) in [6.45, 7) is 10.1. The van der Waals surface area contributed by atoms with Crippen LogP contribution in [0.25, 0.3) is 0 Å². The summed E-state index contributed by atoms with van der Waals surface area (Å²) in [6.07, 6.45) is 4.27. The van der Waals surface area contributed by atoms with Crippen LogP contribution >= 0.6 is 0 Å².